The molecule has 1 amide bonds. The molecule has 0 saturated heterocycles. The van der Waals surface area contributed by atoms with Gasteiger partial charge in [0, 0.05) is 18.2 Å². The van der Waals surface area contributed by atoms with Crippen molar-refractivity contribution < 1.29 is 24.1 Å². The van der Waals surface area contributed by atoms with Crippen molar-refractivity contribution in [1.82, 2.24) is 10.6 Å². The Morgan fingerprint density at radius 1 is 1.19 bits per heavy atom. The lowest BCUT2D eigenvalue weighted by atomic mass is 9.89. The number of aliphatic hydroxyl groups is 2. The highest BCUT2D eigenvalue weighted by molar-refractivity contribution is 14.1. The Kier molecular flexibility index (Phi) is 8.82. The van der Waals surface area contributed by atoms with Crippen LogP contribution in [0.5, 0.6) is 5.75 Å². The number of nitrogens with one attached hydrogen (secondary N) is 2. The van der Waals surface area contributed by atoms with E-state index < -0.39 is 18.2 Å². The van der Waals surface area contributed by atoms with Crippen LogP contribution in [0, 0.1) is 9.39 Å². The molecule has 3 unspecified atom stereocenters. The molecule has 4 N–H and O–H groups in total. The summed E-state index contributed by atoms with van der Waals surface area (Å²) < 4.78 is 20.3. The van der Waals surface area contributed by atoms with Gasteiger partial charge in [-0.1, -0.05) is 24.3 Å². The minimum absolute atomic E-state index is 0.151. The van der Waals surface area contributed by atoms with Crippen molar-refractivity contribution in [2.24, 2.45) is 0 Å². The lowest BCUT2D eigenvalue weighted by Gasteiger charge is -2.34. The lowest BCUT2D eigenvalue weighted by Crippen LogP contribution is -2.52. The summed E-state index contributed by atoms with van der Waals surface area (Å²) in [5, 5.41) is 25.9. The molecule has 166 valence electrons. The standard InChI is InChI=1S/C23H26FIN2O4/c24-17-5-3-4-15(12-17)8-9-26-19-13-16(23(30)27-10-11-28)14-21(22(19)29)31-20-7-2-1-6-18(20)25/h1-7,12,14,19,21-22,26,28-29H,8-11,13H2,(H,27,30). The summed E-state index contributed by atoms with van der Waals surface area (Å²) in [5.41, 5.74) is 1.33. The van der Waals surface area contributed by atoms with Crippen molar-refractivity contribution in [3.8, 4) is 5.75 Å². The van der Waals surface area contributed by atoms with Gasteiger partial charge in [-0.05, 0) is 77.9 Å². The maximum atomic E-state index is 13.4. The Labute approximate surface area is 194 Å². The highest BCUT2D eigenvalue weighted by atomic mass is 127. The van der Waals surface area contributed by atoms with E-state index in [0.717, 1.165) is 9.13 Å². The van der Waals surface area contributed by atoms with Crippen molar-refractivity contribution in [3.63, 3.8) is 0 Å². The van der Waals surface area contributed by atoms with E-state index in [1.54, 1.807) is 12.1 Å². The molecule has 0 spiro atoms. The minimum atomic E-state index is -0.877. The molecular formula is C23H26FIN2O4. The molecule has 1 aliphatic rings. The molecule has 1 aliphatic carbocycles. The first-order valence-electron chi connectivity index (χ1n) is 10.1. The second kappa shape index (κ2) is 11.6. The summed E-state index contributed by atoms with van der Waals surface area (Å²) >= 11 is 2.16. The Balaban J connectivity index is 1.72. The third-order valence-electron chi connectivity index (χ3n) is 5.05. The second-order valence-corrected chi connectivity index (χ2v) is 8.48. The van der Waals surface area contributed by atoms with Crippen LogP contribution in [0.1, 0.15) is 12.0 Å². The van der Waals surface area contributed by atoms with E-state index in [2.05, 4.69) is 33.2 Å². The molecule has 3 rings (SSSR count). The summed E-state index contributed by atoms with van der Waals surface area (Å²) in [6, 6.07) is 13.4. The molecule has 0 saturated carbocycles. The molecule has 0 fully saturated rings. The number of para-hydroxylation sites is 1. The average Bonchev–Trinajstić information content (AvgIpc) is 2.76. The number of halogens is 2. The minimum Gasteiger partial charge on any atom is -0.482 e. The molecular weight excluding hydrogens is 514 g/mol. The fourth-order valence-corrected chi connectivity index (χ4v) is 4.00. The first-order chi connectivity index (χ1) is 15.0. The fourth-order valence-electron chi connectivity index (χ4n) is 3.48. The maximum Gasteiger partial charge on any atom is 0.247 e. The van der Waals surface area contributed by atoms with Crippen LogP contribution in [-0.4, -0.2) is 54.1 Å². The van der Waals surface area contributed by atoms with E-state index in [1.165, 1.54) is 12.1 Å². The third-order valence-corrected chi connectivity index (χ3v) is 5.94. The number of amides is 1. The van der Waals surface area contributed by atoms with Crippen molar-refractivity contribution in [2.45, 2.75) is 31.1 Å². The van der Waals surface area contributed by atoms with Crippen LogP contribution >= 0.6 is 22.6 Å². The zero-order valence-electron chi connectivity index (χ0n) is 16.9. The first-order valence-corrected chi connectivity index (χ1v) is 11.2. The highest BCUT2D eigenvalue weighted by Gasteiger charge is 2.35. The number of hydrogen-bond acceptors (Lipinski definition) is 5. The average molecular weight is 540 g/mol. The lowest BCUT2D eigenvalue weighted by molar-refractivity contribution is -0.118. The molecule has 0 radical (unpaired) electrons. The number of aliphatic hydroxyl groups excluding tert-OH is 2. The normalized spacial score (nSPS) is 20.8. The number of hydrogen-bond donors (Lipinski definition) is 4. The van der Waals surface area contributed by atoms with E-state index in [0.29, 0.717) is 30.7 Å². The molecule has 31 heavy (non-hydrogen) atoms. The van der Waals surface area contributed by atoms with Gasteiger partial charge >= 0.3 is 0 Å². The molecule has 2 aromatic carbocycles. The molecule has 0 bridgehead atoms. The number of benzene rings is 2. The quantitative estimate of drug-likeness (QED) is 0.367. The number of carbonyl (C=O) groups is 1. The van der Waals surface area contributed by atoms with Gasteiger partial charge in [-0.25, -0.2) is 4.39 Å². The zero-order valence-corrected chi connectivity index (χ0v) is 19.1. The molecule has 3 atom stereocenters. The van der Waals surface area contributed by atoms with E-state index in [-0.39, 0.29) is 24.9 Å². The summed E-state index contributed by atoms with van der Waals surface area (Å²) in [7, 11) is 0. The summed E-state index contributed by atoms with van der Waals surface area (Å²) in [6.07, 6.45) is 0.946. The summed E-state index contributed by atoms with van der Waals surface area (Å²) in [5.74, 6) is 0.0417. The SMILES string of the molecule is O=C(NCCO)C1=CC(Oc2ccccc2I)C(O)C(NCCc2cccc(F)c2)C1. The van der Waals surface area contributed by atoms with Gasteiger partial charge in [-0.3, -0.25) is 4.79 Å². The molecule has 6 nitrogen and oxygen atoms in total. The van der Waals surface area contributed by atoms with Crippen molar-refractivity contribution >= 4 is 28.5 Å². The van der Waals surface area contributed by atoms with Gasteiger partial charge in [-0.2, -0.15) is 0 Å². The Morgan fingerprint density at radius 3 is 2.74 bits per heavy atom. The van der Waals surface area contributed by atoms with Crippen LogP contribution in [0.3, 0.4) is 0 Å². The molecule has 0 aliphatic heterocycles. The van der Waals surface area contributed by atoms with Gasteiger partial charge in [0.2, 0.25) is 5.91 Å². The summed E-state index contributed by atoms with van der Waals surface area (Å²) in [6.45, 7) is 0.504. The second-order valence-electron chi connectivity index (χ2n) is 7.32. The topological polar surface area (TPSA) is 90.8 Å². The van der Waals surface area contributed by atoms with Crippen LogP contribution in [0.25, 0.3) is 0 Å². The fraction of sp³-hybridized carbons (Fsp3) is 0.348. The van der Waals surface area contributed by atoms with E-state index >= 15 is 0 Å². The van der Waals surface area contributed by atoms with Gasteiger partial charge in [0.25, 0.3) is 0 Å². The predicted molar refractivity (Wildman–Crippen MR) is 124 cm³/mol. The van der Waals surface area contributed by atoms with Crippen LogP contribution in [0.4, 0.5) is 4.39 Å². The predicted octanol–water partition coefficient (Wildman–Crippen LogP) is 2.18. The molecule has 8 heteroatoms. The number of carbonyl (C=O) groups excluding carboxylic acids is 1. The number of rotatable bonds is 9. The van der Waals surface area contributed by atoms with E-state index in [4.69, 9.17) is 9.84 Å². The van der Waals surface area contributed by atoms with Crippen LogP contribution in [0.15, 0.2) is 60.2 Å². The van der Waals surface area contributed by atoms with Gasteiger partial charge in [0.1, 0.15) is 23.8 Å². The number of ether oxygens (including phenoxy) is 1. The van der Waals surface area contributed by atoms with Gasteiger partial charge in [-0.15, -0.1) is 0 Å². The van der Waals surface area contributed by atoms with Crippen molar-refractivity contribution in [1.29, 1.82) is 0 Å². The monoisotopic (exact) mass is 540 g/mol. The summed E-state index contributed by atoms with van der Waals surface area (Å²) in [4.78, 5) is 12.5. The first kappa shape index (κ1) is 23.6. The smallest absolute Gasteiger partial charge is 0.247 e. The van der Waals surface area contributed by atoms with E-state index in [9.17, 15) is 14.3 Å². The molecule has 0 aromatic heterocycles. The van der Waals surface area contributed by atoms with Crippen molar-refractivity contribution in [2.75, 3.05) is 19.7 Å². The van der Waals surface area contributed by atoms with Gasteiger partial charge in [0.15, 0.2) is 0 Å². The Bertz CT molecular complexity index is 924. The Hall–Kier alpha value is -2.01. The van der Waals surface area contributed by atoms with Crippen molar-refractivity contribution in [3.05, 3.63) is 75.1 Å². The van der Waals surface area contributed by atoms with Crippen LogP contribution < -0.4 is 15.4 Å². The zero-order chi connectivity index (χ0) is 22.2. The third kappa shape index (κ3) is 6.73. The van der Waals surface area contributed by atoms with Crippen LogP contribution in [-0.2, 0) is 11.2 Å². The molecule has 0 heterocycles. The van der Waals surface area contributed by atoms with E-state index in [1.807, 2.05) is 30.3 Å². The van der Waals surface area contributed by atoms with Gasteiger partial charge < -0.3 is 25.6 Å². The Morgan fingerprint density at radius 2 is 2.00 bits per heavy atom. The van der Waals surface area contributed by atoms with Gasteiger partial charge in [0.05, 0.1) is 10.2 Å². The molecule has 2 aromatic rings. The van der Waals surface area contributed by atoms with Crippen LogP contribution in [0.2, 0.25) is 0 Å². The largest absolute Gasteiger partial charge is 0.482 e. The maximum absolute atomic E-state index is 13.4. The highest BCUT2D eigenvalue weighted by Crippen LogP contribution is 2.27.